The van der Waals surface area contributed by atoms with Crippen molar-refractivity contribution < 1.29 is 9.53 Å². The van der Waals surface area contributed by atoms with Crippen LogP contribution in [0.2, 0.25) is 0 Å². The molecule has 2 aromatic rings. The number of carbonyl (C=O) groups excluding carboxylic acids is 1. The van der Waals surface area contributed by atoms with E-state index in [1.54, 1.807) is 18.2 Å². The van der Waals surface area contributed by atoms with Gasteiger partial charge in [-0.05, 0) is 47.7 Å². The predicted octanol–water partition coefficient (Wildman–Crippen LogP) is 5.14. The molecule has 0 saturated carbocycles. The van der Waals surface area contributed by atoms with Gasteiger partial charge in [-0.15, -0.1) is 0 Å². The first kappa shape index (κ1) is 16.0. The maximum absolute atomic E-state index is 12.1. The molecule has 0 amide bonds. The van der Waals surface area contributed by atoms with Gasteiger partial charge in [0.25, 0.3) is 0 Å². The van der Waals surface area contributed by atoms with Crippen LogP contribution in [0.4, 0.5) is 0 Å². The number of hydrogen-bond donors (Lipinski definition) is 0. The highest BCUT2D eigenvalue weighted by Gasteiger charge is 2.08. The molecule has 0 aliphatic heterocycles. The minimum atomic E-state index is -0.342. The van der Waals surface area contributed by atoms with Crippen molar-refractivity contribution in [3.63, 3.8) is 0 Å². The third-order valence-corrected chi connectivity index (χ3v) is 3.80. The van der Waals surface area contributed by atoms with Crippen molar-refractivity contribution in [3.05, 3.63) is 71.8 Å². The number of ether oxygens (including phenoxy) is 1. The van der Waals surface area contributed by atoms with E-state index in [2.05, 4.69) is 20.4 Å². The molecule has 0 fully saturated rings. The average Bonchev–Trinajstić information content (AvgIpc) is 2.56. The standard InChI is InChI=1S/C20H22O2/c1-4-15(3)14-17-8-12-19(13-9-17)22-20(21)18-10-6-16(5-2)7-11-18/h5-13,15H,2,4,14H2,1,3H3. The first-order chi connectivity index (χ1) is 10.6. The van der Waals surface area contributed by atoms with Crippen LogP contribution in [0.15, 0.2) is 55.1 Å². The van der Waals surface area contributed by atoms with Gasteiger partial charge in [-0.2, -0.15) is 0 Å². The maximum atomic E-state index is 12.1. The summed E-state index contributed by atoms with van der Waals surface area (Å²) in [6.07, 6.45) is 3.95. The highest BCUT2D eigenvalue weighted by molar-refractivity contribution is 5.91. The van der Waals surface area contributed by atoms with Crippen LogP contribution in [0.5, 0.6) is 5.75 Å². The summed E-state index contributed by atoms with van der Waals surface area (Å²) in [6.45, 7) is 8.12. The molecule has 2 nitrogen and oxygen atoms in total. The Bertz CT molecular complexity index is 624. The van der Waals surface area contributed by atoms with Gasteiger partial charge < -0.3 is 4.74 Å². The van der Waals surface area contributed by atoms with Gasteiger partial charge in [0.1, 0.15) is 5.75 Å². The molecule has 0 aliphatic rings. The molecule has 0 aromatic heterocycles. The largest absolute Gasteiger partial charge is 0.423 e. The third kappa shape index (κ3) is 4.32. The fraction of sp³-hybridized carbons (Fsp3) is 0.250. The van der Waals surface area contributed by atoms with Crippen molar-refractivity contribution in [1.82, 2.24) is 0 Å². The molecule has 1 unspecified atom stereocenters. The number of rotatable bonds is 6. The predicted molar refractivity (Wildman–Crippen MR) is 91.1 cm³/mol. The van der Waals surface area contributed by atoms with Gasteiger partial charge in [0, 0.05) is 0 Å². The lowest BCUT2D eigenvalue weighted by Crippen LogP contribution is -2.08. The Morgan fingerprint density at radius 1 is 1.14 bits per heavy atom. The molecule has 22 heavy (non-hydrogen) atoms. The molecule has 0 bridgehead atoms. The molecule has 0 radical (unpaired) electrons. The van der Waals surface area contributed by atoms with E-state index in [1.807, 2.05) is 36.4 Å². The van der Waals surface area contributed by atoms with Crippen molar-refractivity contribution in [2.75, 3.05) is 0 Å². The first-order valence-corrected chi connectivity index (χ1v) is 7.66. The number of carbonyl (C=O) groups is 1. The summed E-state index contributed by atoms with van der Waals surface area (Å²) in [6, 6.07) is 14.9. The number of esters is 1. The topological polar surface area (TPSA) is 26.3 Å². The second-order valence-electron chi connectivity index (χ2n) is 5.58. The molecule has 0 spiro atoms. The Kier molecular flexibility index (Phi) is 5.54. The van der Waals surface area contributed by atoms with Crippen LogP contribution >= 0.6 is 0 Å². The fourth-order valence-electron chi connectivity index (χ4n) is 2.16. The summed E-state index contributed by atoms with van der Waals surface area (Å²) in [5, 5.41) is 0. The average molecular weight is 294 g/mol. The van der Waals surface area contributed by atoms with E-state index in [9.17, 15) is 4.79 Å². The summed E-state index contributed by atoms with van der Waals surface area (Å²) in [4.78, 5) is 12.1. The van der Waals surface area contributed by atoms with Crippen molar-refractivity contribution in [2.24, 2.45) is 5.92 Å². The Morgan fingerprint density at radius 2 is 1.77 bits per heavy atom. The van der Waals surface area contributed by atoms with E-state index >= 15 is 0 Å². The second-order valence-corrected chi connectivity index (χ2v) is 5.58. The molecule has 2 heteroatoms. The fourth-order valence-corrected chi connectivity index (χ4v) is 2.16. The van der Waals surface area contributed by atoms with Gasteiger partial charge >= 0.3 is 5.97 Å². The van der Waals surface area contributed by atoms with Gasteiger partial charge in [0.05, 0.1) is 5.56 Å². The van der Waals surface area contributed by atoms with Gasteiger partial charge in [-0.1, -0.05) is 57.2 Å². The quantitative estimate of drug-likeness (QED) is 0.545. The van der Waals surface area contributed by atoms with E-state index in [4.69, 9.17) is 4.74 Å². The lowest BCUT2D eigenvalue weighted by molar-refractivity contribution is 0.0734. The van der Waals surface area contributed by atoms with Crippen LogP contribution in [-0.2, 0) is 6.42 Å². The van der Waals surface area contributed by atoms with Gasteiger partial charge in [-0.3, -0.25) is 0 Å². The number of benzene rings is 2. The van der Waals surface area contributed by atoms with Crippen molar-refractivity contribution in [2.45, 2.75) is 26.7 Å². The Morgan fingerprint density at radius 3 is 2.32 bits per heavy atom. The molecular weight excluding hydrogens is 272 g/mol. The zero-order valence-electron chi connectivity index (χ0n) is 13.2. The molecule has 0 saturated heterocycles. The summed E-state index contributed by atoms with van der Waals surface area (Å²) in [5.41, 5.74) is 2.78. The van der Waals surface area contributed by atoms with Gasteiger partial charge in [0.15, 0.2) is 0 Å². The van der Waals surface area contributed by atoms with Crippen LogP contribution in [-0.4, -0.2) is 5.97 Å². The molecule has 0 aliphatic carbocycles. The van der Waals surface area contributed by atoms with E-state index in [1.165, 1.54) is 5.56 Å². The van der Waals surface area contributed by atoms with E-state index in [0.29, 0.717) is 17.2 Å². The molecule has 114 valence electrons. The van der Waals surface area contributed by atoms with Crippen molar-refractivity contribution in [1.29, 1.82) is 0 Å². The summed E-state index contributed by atoms with van der Waals surface area (Å²) >= 11 is 0. The molecule has 0 heterocycles. The molecule has 2 rings (SSSR count). The highest BCUT2D eigenvalue weighted by Crippen LogP contribution is 2.18. The molecule has 2 aromatic carbocycles. The van der Waals surface area contributed by atoms with Gasteiger partial charge in [-0.25, -0.2) is 4.79 Å². The van der Waals surface area contributed by atoms with E-state index in [-0.39, 0.29) is 5.97 Å². The van der Waals surface area contributed by atoms with E-state index in [0.717, 1.165) is 18.4 Å². The third-order valence-electron chi connectivity index (χ3n) is 3.80. The van der Waals surface area contributed by atoms with Crippen LogP contribution in [0, 0.1) is 5.92 Å². The molecular formula is C20H22O2. The number of hydrogen-bond acceptors (Lipinski definition) is 2. The summed E-state index contributed by atoms with van der Waals surface area (Å²) < 4.78 is 5.40. The first-order valence-electron chi connectivity index (χ1n) is 7.66. The van der Waals surface area contributed by atoms with Crippen LogP contribution in [0.25, 0.3) is 6.08 Å². The Hall–Kier alpha value is -2.35. The van der Waals surface area contributed by atoms with Crippen LogP contribution in [0.3, 0.4) is 0 Å². The summed E-state index contributed by atoms with van der Waals surface area (Å²) in [5.74, 6) is 0.896. The normalized spacial score (nSPS) is 11.7. The maximum Gasteiger partial charge on any atom is 0.343 e. The van der Waals surface area contributed by atoms with Crippen LogP contribution < -0.4 is 4.74 Å². The zero-order valence-corrected chi connectivity index (χ0v) is 13.2. The zero-order chi connectivity index (χ0) is 15.9. The molecule has 1 atom stereocenters. The Labute approximate surface area is 132 Å². The molecule has 0 N–H and O–H groups in total. The highest BCUT2D eigenvalue weighted by atomic mass is 16.5. The smallest absolute Gasteiger partial charge is 0.343 e. The van der Waals surface area contributed by atoms with Gasteiger partial charge in [0.2, 0.25) is 0 Å². The lowest BCUT2D eigenvalue weighted by atomic mass is 9.99. The van der Waals surface area contributed by atoms with Crippen molar-refractivity contribution in [3.8, 4) is 5.75 Å². The Balaban J connectivity index is 2.00. The minimum absolute atomic E-state index is 0.342. The minimum Gasteiger partial charge on any atom is -0.423 e. The van der Waals surface area contributed by atoms with E-state index < -0.39 is 0 Å². The monoisotopic (exact) mass is 294 g/mol. The summed E-state index contributed by atoms with van der Waals surface area (Å²) in [7, 11) is 0. The SMILES string of the molecule is C=Cc1ccc(C(=O)Oc2ccc(CC(C)CC)cc2)cc1. The van der Waals surface area contributed by atoms with Crippen molar-refractivity contribution >= 4 is 12.0 Å². The van der Waals surface area contributed by atoms with Crippen LogP contribution in [0.1, 0.15) is 41.8 Å². The second kappa shape index (κ2) is 7.60. The lowest BCUT2D eigenvalue weighted by Gasteiger charge is -2.09.